The van der Waals surface area contributed by atoms with Gasteiger partial charge in [0.25, 0.3) is 0 Å². The number of ether oxygens (including phenoxy) is 1. The summed E-state index contributed by atoms with van der Waals surface area (Å²) >= 11 is 5.98. The Morgan fingerprint density at radius 3 is 2.89 bits per heavy atom. The third-order valence-corrected chi connectivity index (χ3v) is 3.19. The van der Waals surface area contributed by atoms with Gasteiger partial charge in [0.05, 0.1) is 18.7 Å². The molecule has 1 aromatic heterocycles. The summed E-state index contributed by atoms with van der Waals surface area (Å²) in [7, 11) is 1.67. The van der Waals surface area contributed by atoms with Crippen LogP contribution in [-0.4, -0.2) is 43.5 Å². The van der Waals surface area contributed by atoms with Gasteiger partial charge >= 0.3 is 0 Å². The van der Waals surface area contributed by atoms with Crippen LogP contribution in [-0.2, 0) is 4.74 Å². The molecule has 4 nitrogen and oxygen atoms in total. The lowest BCUT2D eigenvalue weighted by molar-refractivity contribution is 0.203. The predicted octanol–water partition coefficient (Wildman–Crippen LogP) is 2.33. The van der Waals surface area contributed by atoms with Gasteiger partial charge in [0, 0.05) is 42.5 Å². The zero-order valence-electron chi connectivity index (χ0n) is 10.8. The lowest BCUT2D eigenvalue weighted by Gasteiger charge is -2.24. The number of halogens is 1. The van der Waals surface area contributed by atoms with Crippen molar-refractivity contribution in [2.75, 3.05) is 38.3 Å². The minimum absolute atomic E-state index is 0.0983. The van der Waals surface area contributed by atoms with E-state index in [2.05, 4.69) is 9.88 Å². The van der Waals surface area contributed by atoms with Crippen molar-refractivity contribution in [3.63, 3.8) is 0 Å². The monoisotopic (exact) mass is 280 g/mol. The zero-order chi connectivity index (χ0) is 13.7. The summed E-state index contributed by atoms with van der Waals surface area (Å²) in [4.78, 5) is 6.41. The zero-order valence-corrected chi connectivity index (χ0v) is 11.6. The van der Waals surface area contributed by atoms with E-state index in [9.17, 15) is 5.11 Å². The summed E-state index contributed by atoms with van der Waals surface area (Å²) in [5.41, 5.74) is 1.89. The van der Waals surface area contributed by atoms with Gasteiger partial charge in [-0.3, -0.25) is 4.98 Å². The highest BCUT2D eigenvalue weighted by Gasteiger charge is 2.10. The molecule has 0 aliphatic heterocycles. The number of rotatable bonds is 6. The van der Waals surface area contributed by atoms with E-state index in [1.807, 2.05) is 24.3 Å². The molecule has 102 valence electrons. The van der Waals surface area contributed by atoms with Gasteiger partial charge in [-0.1, -0.05) is 11.6 Å². The molecule has 19 heavy (non-hydrogen) atoms. The summed E-state index contributed by atoms with van der Waals surface area (Å²) in [6.07, 6.45) is 1.76. The van der Waals surface area contributed by atoms with Crippen molar-refractivity contribution in [3.8, 4) is 0 Å². The first-order chi connectivity index (χ1) is 9.26. The molecule has 0 aliphatic carbocycles. The first-order valence-electron chi connectivity index (χ1n) is 6.15. The fourth-order valence-corrected chi connectivity index (χ4v) is 2.22. The molecule has 0 unspecified atom stereocenters. The number of hydrogen-bond donors (Lipinski definition) is 1. The second-order valence-corrected chi connectivity index (χ2v) is 4.63. The third kappa shape index (κ3) is 3.35. The van der Waals surface area contributed by atoms with Gasteiger partial charge in [0.15, 0.2) is 0 Å². The van der Waals surface area contributed by atoms with Crippen molar-refractivity contribution in [2.24, 2.45) is 0 Å². The molecule has 0 saturated heterocycles. The number of anilines is 1. The molecular weight excluding hydrogens is 264 g/mol. The average Bonchev–Trinajstić information content (AvgIpc) is 2.42. The summed E-state index contributed by atoms with van der Waals surface area (Å²) in [6.45, 7) is 1.99. The maximum absolute atomic E-state index is 9.19. The van der Waals surface area contributed by atoms with E-state index in [1.54, 1.807) is 13.3 Å². The summed E-state index contributed by atoms with van der Waals surface area (Å²) in [5, 5.41) is 10.9. The molecule has 0 atom stereocenters. The Labute approximate surface area is 117 Å². The molecule has 0 bridgehead atoms. The fraction of sp³-hybridized carbons (Fsp3) is 0.357. The smallest absolute Gasteiger partial charge is 0.0737 e. The van der Waals surface area contributed by atoms with E-state index in [-0.39, 0.29) is 6.61 Å². The van der Waals surface area contributed by atoms with Crippen molar-refractivity contribution >= 4 is 28.2 Å². The number of methoxy groups -OCH3 is 1. The number of aliphatic hydroxyl groups is 1. The predicted molar refractivity (Wildman–Crippen MR) is 77.9 cm³/mol. The Morgan fingerprint density at radius 1 is 1.32 bits per heavy atom. The molecule has 1 N–H and O–H groups in total. The Hall–Kier alpha value is -1.36. The quantitative estimate of drug-likeness (QED) is 0.882. The molecule has 5 heteroatoms. The minimum Gasteiger partial charge on any atom is -0.395 e. The van der Waals surface area contributed by atoms with Gasteiger partial charge in [-0.05, 0) is 24.3 Å². The molecule has 1 aromatic carbocycles. The maximum atomic E-state index is 9.19. The Morgan fingerprint density at radius 2 is 2.16 bits per heavy atom. The SMILES string of the molecule is COCCN(CCO)c1ccnc2cc(Cl)ccc12. The van der Waals surface area contributed by atoms with Crippen LogP contribution in [0.1, 0.15) is 0 Å². The van der Waals surface area contributed by atoms with Crippen molar-refractivity contribution in [1.29, 1.82) is 0 Å². The van der Waals surface area contributed by atoms with Crippen LogP contribution in [0, 0.1) is 0 Å². The molecule has 0 saturated carbocycles. The van der Waals surface area contributed by atoms with Crippen LogP contribution in [0.15, 0.2) is 30.5 Å². The largest absolute Gasteiger partial charge is 0.395 e. The Kier molecular flexibility index (Phi) is 4.96. The van der Waals surface area contributed by atoms with Crippen LogP contribution >= 0.6 is 11.6 Å². The molecule has 0 aliphatic rings. The van der Waals surface area contributed by atoms with E-state index in [0.717, 1.165) is 23.1 Å². The number of aliphatic hydroxyl groups excluding tert-OH is 1. The maximum Gasteiger partial charge on any atom is 0.0737 e. The van der Waals surface area contributed by atoms with Gasteiger partial charge in [0.2, 0.25) is 0 Å². The van der Waals surface area contributed by atoms with E-state index < -0.39 is 0 Å². The lowest BCUT2D eigenvalue weighted by atomic mass is 10.1. The second-order valence-electron chi connectivity index (χ2n) is 4.20. The van der Waals surface area contributed by atoms with Crippen LogP contribution < -0.4 is 4.90 Å². The highest BCUT2D eigenvalue weighted by Crippen LogP contribution is 2.27. The second kappa shape index (κ2) is 6.70. The first kappa shape index (κ1) is 14.1. The van der Waals surface area contributed by atoms with Crippen LogP contribution in [0.5, 0.6) is 0 Å². The van der Waals surface area contributed by atoms with E-state index in [1.165, 1.54) is 0 Å². The Bertz CT molecular complexity index is 548. The minimum atomic E-state index is 0.0983. The number of fused-ring (bicyclic) bond motifs is 1. The molecule has 2 aromatic rings. The highest BCUT2D eigenvalue weighted by molar-refractivity contribution is 6.31. The van der Waals surface area contributed by atoms with Crippen LogP contribution in [0.4, 0.5) is 5.69 Å². The molecule has 2 rings (SSSR count). The summed E-state index contributed by atoms with van der Waals surface area (Å²) < 4.78 is 5.11. The van der Waals surface area contributed by atoms with Crippen molar-refractivity contribution in [1.82, 2.24) is 4.98 Å². The van der Waals surface area contributed by atoms with Gasteiger partial charge in [-0.15, -0.1) is 0 Å². The van der Waals surface area contributed by atoms with Crippen LogP contribution in [0.3, 0.4) is 0 Å². The number of hydrogen-bond acceptors (Lipinski definition) is 4. The van der Waals surface area contributed by atoms with Gasteiger partial charge in [-0.2, -0.15) is 0 Å². The molecule has 1 heterocycles. The number of nitrogens with zero attached hydrogens (tertiary/aromatic N) is 2. The fourth-order valence-electron chi connectivity index (χ4n) is 2.06. The van der Waals surface area contributed by atoms with Crippen molar-refractivity contribution in [3.05, 3.63) is 35.5 Å². The number of benzene rings is 1. The first-order valence-corrected chi connectivity index (χ1v) is 6.53. The van der Waals surface area contributed by atoms with Crippen molar-refractivity contribution < 1.29 is 9.84 Å². The normalized spacial score (nSPS) is 10.9. The average molecular weight is 281 g/mol. The molecule has 0 fully saturated rings. The number of aromatic nitrogens is 1. The van der Waals surface area contributed by atoms with E-state index in [0.29, 0.717) is 18.2 Å². The highest BCUT2D eigenvalue weighted by atomic mass is 35.5. The molecule has 0 amide bonds. The van der Waals surface area contributed by atoms with Crippen molar-refractivity contribution in [2.45, 2.75) is 0 Å². The van der Waals surface area contributed by atoms with Gasteiger partial charge in [-0.25, -0.2) is 0 Å². The van der Waals surface area contributed by atoms with Gasteiger partial charge < -0.3 is 14.7 Å². The molecule has 0 radical (unpaired) electrons. The molecular formula is C14H17ClN2O2. The Balaban J connectivity index is 2.40. The van der Waals surface area contributed by atoms with Gasteiger partial charge in [0.1, 0.15) is 0 Å². The van der Waals surface area contributed by atoms with Crippen LogP contribution in [0.2, 0.25) is 5.02 Å². The standard InChI is InChI=1S/C14H17ClN2O2/c1-19-9-7-17(6-8-18)14-4-5-16-13-10-11(15)2-3-12(13)14/h2-5,10,18H,6-9H2,1H3. The lowest BCUT2D eigenvalue weighted by Crippen LogP contribution is -2.30. The van der Waals surface area contributed by atoms with E-state index >= 15 is 0 Å². The summed E-state index contributed by atoms with van der Waals surface area (Å²) in [6, 6.07) is 7.59. The molecule has 0 spiro atoms. The summed E-state index contributed by atoms with van der Waals surface area (Å²) in [5.74, 6) is 0. The van der Waals surface area contributed by atoms with E-state index in [4.69, 9.17) is 16.3 Å². The van der Waals surface area contributed by atoms with Crippen LogP contribution in [0.25, 0.3) is 10.9 Å². The topological polar surface area (TPSA) is 45.6 Å². The third-order valence-electron chi connectivity index (χ3n) is 2.96. The number of pyridine rings is 1.